The molecular formula is C7H7FN2O3S. The topological polar surface area (TPSA) is 75.0 Å². The van der Waals surface area contributed by atoms with E-state index in [4.69, 9.17) is 4.74 Å². The molecule has 5 nitrogen and oxygen atoms in total. The van der Waals surface area contributed by atoms with Crippen LogP contribution in [0.1, 0.15) is 12.6 Å². The summed E-state index contributed by atoms with van der Waals surface area (Å²) < 4.78 is 17.9. The van der Waals surface area contributed by atoms with Gasteiger partial charge in [-0.3, -0.25) is 9.78 Å². The van der Waals surface area contributed by atoms with Crippen molar-refractivity contribution in [3.63, 3.8) is 0 Å². The Labute approximate surface area is 82.9 Å². The summed E-state index contributed by atoms with van der Waals surface area (Å²) in [5.41, 5.74) is -2.34. The summed E-state index contributed by atoms with van der Waals surface area (Å²) in [7, 11) is 0. The Bertz CT molecular complexity index is 465. The SMILES string of the molecule is CCOC(=S)c1[nH]c(=O)[nH]c(=O)c1F. The third-order valence-corrected chi connectivity index (χ3v) is 1.69. The molecule has 1 aromatic heterocycles. The quantitative estimate of drug-likeness (QED) is 0.680. The number of hydrogen-bond acceptors (Lipinski definition) is 4. The molecule has 0 aliphatic rings. The molecule has 7 heteroatoms. The Morgan fingerprint density at radius 1 is 1.50 bits per heavy atom. The third-order valence-electron chi connectivity index (χ3n) is 1.36. The number of halogens is 1. The zero-order valence-corrected chi connectivity index (χ0v) is 8.03. The van der Waals surface area contributed by atoms with Gasteiger partial charge < -0.3 is 9.72 Å². The number of rotatable bonds is 2. The molecule has 0 unspecified atom stereocenters. The van der Waals surface area contributed by atoms with Crippen molar-refractivity contribution in [1.29, 1.82) is 0 Å². The van der Waals surface area contributed by atoms with Gasteiger partial charge in [0.05, 0.1) is 6.61 Å². The standard InChI is InChI=1S/C7H7FN2O3S/c1-2-13-6(14)4-3(8)5(11)10-7(12)9-4/h2H2,1H3,(H2,9,10,11,12). The molecule has 0 aromatic carbocycles. The summed E-state index contributed by atoms with van der Waals surface area (Å²) in [5, 5.41) is -0.242. The molecule has 1 aromatic rings. The summed E-state index contributed by atoms with van der Waals surface area (Å²) in [5.74, 6) is -1.15. The molecule has 0 radical (unpaired) electrons. The van der Waals surface area contributed by atoms with E-state index >= 15 is 0 Å². The van der Waals surface area contributed by atoms with Gasteiger partial charge in [0.15, 0.2) is 0 Å². The Morgan fingerprint density at radius 3 is 2.71 bits per heavy atom. The van der Waals surface area contributed by atoms with Crippen LogP contribution in [0.5, 0.6) is 0 Å². The number of hydrogen-bond donors (Lipinski definition) is 2. The van der Waals surface area contributed by atoms with Crippen LogP contribution in [-0.2, 0) is 4.74 Å². The number of aromatic nitrogens is 2. The van der Waals surface area contributed by atoms with Crippen LogP contribution in [-0.4, -0.2) is 21.6 Å². The molecule has 0 fully saturated rings. The first-order valence-corrected chi connectivity index (χ1v) is 4.16. The molecule has 76 valence electrons. The first kappa shape index (κ1) is 10.6. The number of H-pyrrole nitrogens is 2. The zero-order chi connectivity index (χ0) is 10.7. The lowest BCUT2D eigenvalue weighted by atomic mass is 10.4. The summed E-state index contributed by atoms with van der Waals surface area (Å²) in [6, 6.07) is 0. The second-order valence-electron chi connectivity index (χ2n) is 2.32. The molecule has 14 heavy (non-hydrogen) atoms. The van der Waals surface area contributed by atoms with Crippen LogP contribution >= 0.6 is 12.2 Å². The number of thiocarbonyl (C=S) groups is 1. The summed E-state index contributed by atoms with van der Waals surface area (Å²) >= 11 is 4.64. The molecule has 1 rings (SSSR count). The molecule has 0 spiro atoms. The van der Waals surface area contributed by atoms with Gasteiger partial charge in [0.2, 0.25) is 10.9 Å². The van der Waals surface area contributed by atoms with Gasteiger partial charge in [-0.1, -0.05) is 0 Å². The maximum absolute atomic E-state index is 13.1. The summed E-state index contributed by atoms with van der Waals surface area (Å²) in [4.78, 5) is 25.4. The second kappa shape index (κ2) is 4.14. The van der Waals surface area contributed by atoms with Gasteiger partial charge in [-0.15, -0.1) is 0 Å². The Kier molecular flexibility index (Phi) is 3.13. The van der Waals surface area contributed by atoms with E-state index in [9.17, 15) is 14.0 Å². The normalized spacial score (nSPS) is 9.86. The first-order chi connectivity index (χ1) is 6.56. The van der Waals surface area contributed by atoms with Crippen molar-refractivity contribution in [1.82, 2.24) is 9.97 Å². The highest BCUT2D eigenvalue weighted by molar-refractivity contribution is 7.80. The zero-order valence-electron chi connectivity index (χ0n) is 7.22. The van der Waals surface area contributed by atoms with Crippen molar-refractivity contribution in [2.24, 2.45) is 0 Å². The lowest BCUT2D eigenvalue weighted by Crippen LogP contribution is -2.29. The molecule has 0 saturated carbocycles. The molecule has 2 N–H and O–H groups in total. The highest BCUT2D eigenvalue weighted by atomic mass is 32.1. The van der Waals surface area contributed by atoms with Crippen LogP contribution in [0.25, 0.3) is 0 Å². The maximum Gasteiger partial charge on any atom is 0.326 e. The minimum Gasteiger partial charge on any atom is -0.482 e. The highest BCUT2D eigenvalue weighted by Crippen LogP contribution is 1.99. The van der Waals surface area contributed by atoms with Crippen molar-refractivity contribution >= 4 is 17.3 Å². The van der Waals surface area contributed by atoms with Crippen LogP contribution in [0, 0.1) is 5.82 Å². The van der Waals surface area contributed by atoms with Gasteiger partial charge in [0.1, 0.15) is 5.69 Å². The van der Waals surface area contributed by atoms with Crippen LogP contribution in [0.3, 0.4) is 0 Å². The average Bonchev–Trinajstić information content (AvgIpc) is 2.11. The lowest BCUT2D eigenvalue weighted by molar-refractivity contribution is 0.334. The molecule has 0 saturated heterocycles. The van der Waals surface area contributed by atoms with Crippen LogP contribution in [0.4, 0.5) is 4.39 Å². The van der Waals surface area contributed by atoms with Gasteiger partial charge >= 0.3 is 5.69 Å². The number of nitrogens with one attached hydrogen (secondary N) is 2. The van der Waals surface area contributed by atoms with Crippen LogP contribution < -0.4 is 11.2 Å². The predicted molar refractivity (Wildman–Crippen MR) is 51.0 cm³/mol. The minimum absolute atomic E-state index is 0.229. The third kappa shape index (κ3) is 2.05. The van der Waals surface area contributed by atoms with Gasteiger partial charge in [-0.2, -0.15) is 4.39 Å². The van der Waals surface area contributed by atoms with E-state index in [1.165, 1.54) is 0 Å². The maximum atomic E-state index is 13.1. The minimum atomic E-state index is -1.15. The van der Waals surface area contributed by atoms with Crippen molar-refractivity contribution in [2.75, 3.05) is 6.61 Å². The molecule has 0 bridgehead atoms. The summed E-state index contributed by atoms with van der Waals surface area (Å²) in [6.45, 7) is 1.88. The Hall–Kier alpha value is -1.50. The molecule has 1 heterocycles. The molecule has 0 amide bonds. The summed E-state index contributed by atoms with van der Waals surface area (Å²) in [6.07, 6.45) is 0. The monoisotopic (exact) mass is 218 g/mol. The Morgan fingerprint density at radius 2 is 2.14 bits per heavy atom. The van der Waals surface area contributed by atoms with Crippen molar-refractivity contribution in [2.45, 2.75) is 6.92 Å². The fourth-order valence-electron chi connectivity index (χ4n) is 0.815. The van der Waals surface area contributed by atoms with E-state index < -0.39 is 22.8 Å². The average molecular weight is 218 g/mol. The smallest absolute Gasteiger partial charge is 0.326 e. The lowest BCUT2D eigenvalue weighted by Gasteiger charge is -2.03. The van der Waals surface area contributed by atoms with Gasteiger partial charge in [-0.05, 0) is 19.1 Å². The van der Waals surface area contributed by atoms with E-state index in [1.54, 1.807) is 11.9 Å². The first-order valence-electron chi connectivity index (χ1n) is 3.75. The van der Waals surface area contributed by atoms with Crippen molar-refractivity contribution in [3.05, 3.63) is 32.3 Å². The fraction of sp³-hybridized carbons (Fsp3) is 0.286. The fourth-order valence-corrected chi connectivity index (χ4v) is 1.07. The highest BCUT2D eigenvalue weighted by Gasteiger charge is 2.13. The number of ether oxygens (including phenoxy) is 1. The van der Waals surface area contributed by atoms with Crippen molar-refractivity contribution in [3.8, 4) is 0 Å². The van der Waals surface area contributed by atoms with Crippen LogP contribution in [0.2, 0.25) is 0 Å². The molecule has 0 atom stereocenters. The predicted octanol–water partition coefficient (Wildman–Crippen LogP) is -0.0857. The van der Waals surface area contributed by atoms with Crippen LogP contribution in [0.15, 0.2) is 9.59 Å². The Balaban J connectivity index is 3.27. The van der Waals surface area contributed by atoms with E-state index in [1.807, 2.05) is 4.98 Å². The molecule has 0 aliphatic heterocycles. The largest absolute Gasteiger partial charge is 0.482 e. The number of aromatic amines is 2. The van der Waals surface area contributed by atoms with Gasteiger partial charge in [0.25, 0.3) is 5.56 Å². The van der Waals surface area contributed by atoms with Crippen molar-refractivity contribution < 1.29 is 9.13 Å². The second-order valence-corrected chi connectivity index (χ2v) is 2.69. The van der Waals surface area contributed by atoms with E-state index in [0.717, 1.165) is 0 Å². The molecule has 0 aliphatic carbocycles. The van der Waals surface area contributed by atoms with E-state index in [0.29, 0.717) is 0 Å². The van der Waals surface area contributed by atoms with Gasteiger partial charge in [0, 0.05) is 0 Å². The van der Waals surface area contributed by atoms with Gasteiger partial charge in [-0.25, -0.2) is 4.79 Å². The van der Waals surface area contributed by atoms with E-state index in [-0.39, 0.29) is 11.7 Å². The van der Waals surface area contributed by atoms with E-state index in [2.05, 4.69) is 12.2 Å². The molecular weight excluding hydrogens is 211 g/mol.